The molecule has 19 heavy (non-hydrogen) atoms. The number of ether oxygens (including phenoxy) is 1. The van der Waals surface area contributed by atoms with Crippen molar-refractivity contribution in [3.05, 3.63) is 29.3 Å². The molecule has 0 aromatic heterocycles. The quantitative estimate of drug-likeness (QED) is 0.660. The van der Waals surface area contributed by atoms with Gasteiger partial charge in [0, 0.05) is 36.4 Å². The molecule has 0 spiro atoms. The summed E-state index contributed by atoms with van der Waals surface area (Å²) in [4.78, 5) is 1.44. The number of nitrogens with one attached hydrogen (secondary N) is 1. The van der Waals surface area contributed by atoms with Crippen molar-refractivity contribution >= 4 is 11.8 Å². The molecule has 1 aliphatic heterocycles. The Kier molecular flexibility index (Phi) is 4.81. The molecule has 1 aromatic carbocycles. The van der Waals surface area contributed by atoms with Crippen molar-refractivity contribution in [1.82, 2.24) is 5.32 Å². The maximum Gasteiger partial charge on any atom is 0.0480 e. The smallest absolute Gasteiger partial charge is 0.0480 e. The number of rotatable bonds is 5. The van der Waals surface area contributed by atoms with Crippen molar-refractivity contribution in [3.8, 4) is 0 Å². The number of aryl methyl sites for hydroxylation is 2. The minimum Gasteiger partial charge on any atom is -0.381 e. The molecule has 1 N–H and O–H groups in total. The van der Waals surface area contributed by atoms with Gasteiger partial charge in [-0.15, -0.1) is 11.8 Å². The summed E-state index contributed by atoms with van der Waals surface area (Å²) in [6, 6.07) is 7.70. The molecule has 104 valence electrons. The minimum absolute atomic E-state index is 0.675. The van der Waals surface area contributed by atoms with E-state index < -0.39 is 0 Å². The molecule has 0 atom stereocenters. The standard InChI is InChI=1S/C16H23NOS/c1-2-13-4-5-16(12-14(13)3-1)19-11-8-17-15-6-9-18-10-7-15/h4-5,12,15,17H,1-3,6-11H2. The first-order chi connectivity index (χ1) is 9.42. The molecule has 0 saturated carbocycles. The van der Waals surface area contributed by atoms with Crippen LogP contribution in [0.2, 0.25) is 0 Å². The van der Waals surface area contributed by atoms with E-state index in [0.717, 1.165) is 25.5 Å². The molecule has 1 heterocycles. The SMILES string of the molecule is c1cc2c(cc1SCCNC1CCOCC1)CCC2. The average molecular weight is 277 g/mol. The maximum absolute atomic E-state index is 5.37. The molecule has 0 amide bonds. The highest BCUT2D eigenvalue weighted by atomic mass is 32.2. The summed E-state index contributed by atoms with van der Waals surface area (Å²) in [6.45, 7) is 2.96. The lowest BCUT2D eigenvalue weighted by Gasteiger charge is -2.23. The van der Waals surface area contributed by atoms with E-state index in [1.54, 1.807) is 11.1 Å². The Labute approximate surface area is 120 Å². The molecule has 0 unspecified atom stereocenters. The van der Waals surface area contributed by atoms with Crippen LogP contribution in [-0.4, -0.2) is 31.6 Å². The van der Waals surface area contributed by atoms with Gasteiger partial charge in [0.25, 0.3) is 0 Å². The van der Waals surface area contributed by atoms with E-state index >= 15 is 0 Å². The number of hydrogen-bond acceptors (Lipinski definition) is 3. The lowest BCUT2D eigenvalue weighted by atomic mass is 10.1. The normalized spacial score (nSPS) is 19.6. The Morgan fingerprint density at radius 2 is 2.00 bits per heavy atom. The van der Waals surface area contributed by atoms with Crippen molar-refractivity contribution in [2.75, 3.05) is 25.5 Å². The highest BCUT2D eigenvalue weighted by Gasteiger charge is 2.13. The van der Waals surface area contributed by atoms with Crippen LogP contribution in [0.25, 0.3) is 0 Å². The van der Waals surface area contributed by atoms with Crippen LogP contribution in [0, 0.1) is 0 Å². The van der Waals surface area contributed by atoms with E-state index in [1.165, 1.54) is 37.0 Å². The van der Waals surface area contributed by atoms with Gasteiger partial charge in [-0.25, -0.2) is 0 Å². The number of thioether (sulfide) groups is 1. The zero-order valence-electron chi connectivity index (χ0n) is 11.5. The van der Waals surface area contributed by atoms with Crippen LogP contribution >= 0.6 is 11.8 Å². The van der Waals surface area contributed by atoms with Gasteiger partial charge < -0.3 is 10.1 Å². The number of benzene rings is 1. The van der Waals surface area contributed by atoms with Crippen LogP contribution in [0.4, 0.5) is 0 Å². The van der Waals surface area contributed by atoms with Gasteiger partial charge in [0.05, 0.1) is 0 Å². The Bertz CT molecular complexity index is 415. The highest BCUT2D eigenvalue weighted by Crippen LogP contribution is 2.27. The molecule has 2 nitrogen and oxygen atoms in total. The average Bonchev–Trinajstić information content (AvgIpc) is 2.92. The number of fused-ring (bicyclic) bond motifs is 1. The molecule has 2 aliphatic rings. The molecule has 1 fully saturated rings. The molecule has 3 heteroatoms. The maximum atomic E-state index is 5.37. The third-order valence-corrected chi connectivity index (χ3v) is 5.09. The summed E-state index contributed by atoms with van der Waals surface area (Å²) in [6.07, 6.45) is 6.25. The third kappa shape index (κ3) is 3.74. The van der Waals surface area contributed by atoms with Gasteiger partial charge in [0.1, 0.15) is 0 Å². The van der Waals surface area contributed by atoms with Crippen LogP contribution in [0.3, 0.4) is 0 Å². The lowest BCUT2D eigenvalue weighted by Crippen LogP contribution is -2.35. The Balaban J connectivity index is 1.40. The molecule has 3 rings (SSSR count). The molecule has 1 aliphatic carbocycles. The predicted molar refractivity (Wildman–Crippen MR) is 81.0 cm³/mol. The molecular weight excluding hydrogens is 254 g/mol. The highest BCUT2D eigenvalue weighted by molar-refractivity contribution is 7.99. The molecular formula is C16H23NOS. The largest absolute Gasteiger partial charge is 0.381 e. The van der Waals surface area contributed by atoms with E-state index in [0.29, 0.717) is 6.04 Å². The van der Waals surface area contributed by atoms with Crippen molar-refractivity contribution in [2.45, 2.75) is 43.0 Å². The van der Waals surface area contributed by atoms with E-state index in [9.17, 15) is 0 Å². The fourth-order valence-electron chi connectivity index (χ4n) is 2.97. The molecule has 1 saturated heterocycles. The van der Waals surface area contributed by atoms with Gasteiger partial charge in [-0.05, 0) is 55.4 Å². The van der Waals surface area contributed by atoms with Gasteiger partial charge in [0.2, 0.25) is 0 Å². The Morgan fingerprint density at radius 1 is 1.16 bits per heavy atom. The van der Waals surface area contributed by atoms with Crippen LogP contribution < -0.4 is 5.32 Å². The van der Waals surface area contributed by atoms with Crippen molar-refractivity contribution in [1.29, 1.82) is 0 Å². The van der Waals surface area contributed by atoms with E-state index in [-0.39, 0.29) is 0 Å². The van der Waals surface area contributed by atoms with Gasteiger partial charge in [-0.2, -0.15) is 0 Å². The molecule has 1 aromatic rings. The Hall–Kier alpha value is -0.510. The molecule has 0 bridgehead atoms. The molecule has 0 radical (unpaired) electrons. The topological polar surface area (TPSA) is 21.3 Å². The zero-order chi connectivity index (χ0) is 12.9. The first-order valence-corrected chi connectivity index (χ1v) is 8.46. The van der Waals surface area contributed by atoms with Gasteiger partial charge in [0.15, 0.2) is 0 Å². The summed E-state index contributed by atoms with van der Waals surface area (Å²) in [5, 5.41) is 3.64. The van der Waals surface area contributed by atoms with Crippen LogP contribution in [0.1, 0.15) is 30.4 Å². The van der Waals surface area contributed by atoms with Crippen molar-refractivity contribution in [2.24, 2.45) is 0 Å². The fourth-order valence-corrected chi connectivity index (χ4v) is 3.82. The van der Waals surface area contributed by atoms with E-state index in [1.807, 2.05) is 11.8 Å². The zero-order valence-corrected chi connectivity index (χ0v) is 12.3. The lowest BCUT2D eigenvalue weighted by molar-refractivity contribution is 0.0786. The van der Waals surface area contributed by atoms with Crippen LogP contribution in [0.15, 0.2) is 23.1 Å². The van der Waals surface area contributed by atoms with Crippen LogP contribution in [-0.2, 0) is 17.6 Å². The van der Waals surface area contributed by atoms with Crippen molar-refractivity contribution in [3.63, 3.8) is 0 Å². The first-order valence-electron chi connectivity index (χ1n) is 7.47. The first kappa shape index (κ1) is 13.5. The fraction of sp³-hybridized carbons (Fsp3) is 0.625. The van der Waals surface area contributed by atoms with Crippen LogP contribution in [0.5, 0.6) is 0 Å². The minimum atomic E-state index is 0.675. The Morgan fingerprint density at radius 3 is 2.89 bits per heavy atom. The second kappa shape index (κ2) is 6.78. The summed E-state index contributed by atoms with van der Waals surface area (Å²) >= 11 is 1.98. The second-order valence-electron chi connectivity index (χ2n) is 5.47. The van der Waals surface area contributed by atoms with Gasteiger partial charge in [-0.3, -0.25) is 0 Å². The van der Waals surface area contributed by atoms with Gasteiger partial charge >= 0.3 is 0 Å². The van der Waals surface area contributed by atoms with Gasteiger partial charge in [-0.1, -0.05) is 6.07 Å². The second-order valence-corrected chi connectivity index (χ2v) is 6.64. The summed E-state index contributed by atoms with van der Waals surface area (Å²) in [7, 11) is 0. The third-order valence-electron chi connectivity index (χ3n) is 4.10. The summed E-state index contributed by atoms with van der Waals surface area (Å²) in [5.41, 5.74) is 3.16. The predicted octanol–water partition coefficient (Wildman–Crippen LogP) is 3.04. The summed E-state index contributed by atoms with van der Waals surface area (Å²) < 4.78 is 5.37. The van der Waals surface area contributed by atoms with Crippen molar-refractivity contribution < 1.29 is 4.74 Å². The monoisotopic (exact) mass is 277 g/mol. The van der Waals surface area contributed by atoms with E-state index in [4.69, 9.17) is 4.74 Å². The van der Waals surface area contributed by atoms with E-state index in [2.05, 4.69) is 23.5 Å². The summed E-state index contributed by atoms with van der Waals surface area (Å²) in [5.74, 6) is 1.16. The number of hydrogen-bond donors (Lipinski definition) is 1.